The molecule has 0 aliphatic carbocycles. The monoisotopic (exact) mass is 489 g/mol. The van der Waals surface area contributed by atoms with Crippen molar-refractivity contribution in [1.82, 2.24) is 4.90 Å². The first kappa shape index (κ1) is 22.7. The van der Waals surface area contributed by atoms with Gasteiger partial charge in [-0.2, -0.15) is 0 Å². The molecule has 1 heterocycles. The molecule has 0 radical (unpaired) electrons. The van der Waals surface area contributed by atoms with Crippen molar-refractivity contribution in [1.29, 1.82) is 0 Å². The van der Waals surface area contributed by atoms with Crippen LogP contribution in [0, 0.1) is 5.82 Å². The molecule has 2 aromatic rings. The fourth-order valence-electron chi connectivity index (χ4n) is 3.60. The molecular formula is C23H21BrFNO5. The summed E-state index contributed by atoms with van der Waals surface area (Å²) in [6.07, 6.45) is 1.61. The highest BCUT2D eigenvalue weighted by atomic mass is 79.9. The van der Waals surface area contributed by atoms with E-state index < -0.39 is 29.5 Å². The standard InChI is InChI=1S/C23H21BrFNO5/c24-16-9-5-14(6-10-16)20-19(21(29)15-7-11-17(25)12-8-15)22(30)23(31)26(20)13-3-1-2-4-18(27)28/h5-12,20,29H,1-4,13H2,(H,27,28)/t20-/m0/s1. The first-order valence-corrected chi connectivity index (χ1v) is 10.6. The van der Waals surface area contributed by atoms with E-state index in [4.69, 9.17) is 5.11 Å². The maximum absolute atomic E-state index is 13.3. The lowest BCUT2D eigenvalue weighted by Gasteiger charge is -2.25. The number of hydrogen-bond donors (Lipinski definition) is 2. The van der Waals surface area contributed by atoms with Crippen LogP contribution in [0.2, 0.25) is 0 Å². The minimum Gasteiger partial charge on any atom is -0.507 e. The summed E-state index contributed by atoms with van der Waals surface area (Å²) in [7, 11) is 0. The quantitative estimate of drug-likeness (QED) is 0.243. The first-order valence-electron chi connectivity index (χ1n) is 9.81. The van der Waals surface area contributed by atoms with Gasteiger partial charge in [0.1, 0.15) is 11.6 Å². The van der Waals surface area contributed by atoms with Crippen molar-refractivity contribution in [3.8, 4) is 0 Å². The highest BCUT2D eigenvalue weighted by Crippen LogP contribution is 2.39. The van der Waals surface area contributed by atoms with Crippen molar-refractivity contribution in [3.05, 3.63) is 75.5 Å². The number of carboxylic acid groups (broad SMARTS) is 1. The number of hydrogen-bond acceptors (Lipinski definition) is 4. The summed E-state index contributed by atoms with van der Waals surface area (Å²) in [4.78, 5) is 37.7. The molecule has 1 saturated heterocycles. The van der Waals surface area contributed by atoms with Crippen LogP contribution in [0.25, 0.3) is 5.76 Å². The molecular weight excluding hydrogens is 469 g/mol. The number of carboxylic acids is 1. The summed E-state index contributed by atoms with van der Waals surface area (Å²) in [6, 6.07) is 11.3. The number of rotatable bonds is 8. The molecule has 0 aromatic heterocycles. The zero-order valence-corrected chi connectivity index (χ0v) is 18.1. The Bertz CT molecular complexity index is 1020. The zero-order chi connectivity index (χ0) is 22.5. The number of likely N-dealkylation sites (tertiary alicyclic amines) is 1. The number of ketones is 1. The van der Waals surface area contributed by atoms with Crippen LogP contribution in [0.4, 0.5) is 4.39 Å². The molecule has 162 valence electrons. The second kappa shape index (κ2) is 9.87. The summed E-state index contributed by atoms with van der Waals surface area (Å²) in [5, 5.41) is 19.6. The topological polar surface area (TPSA) is 94.9 Å². The molecule has 2 aromatic carbocycles. The number of amides is 1. The van der Waals surface area contributed by atoms with E-state index in [1.807, 2.05) is 0 Å². The van der Waals surface area contributed by atoms with Crippen LogP contribution in [0.15, 0.2) is 58.6 Å². The van der Waals surface area contributed by atoms with Gasteiger partial charge in [0.25, 0.3) is 11.7 Å². The summed E-state index contributed by atoms with van der Waals surface area (Å²) < 4.78 is 14.1. The van der Waals surface area contributed by atoms with Gasteiger partial charge in [-0.25, -0.2) is 4.39 Å². The zero-order valence-electron chi connectivity index (χ0n) is 16.6. The Morgan fingerprint density at radius 1 is 0.968 bits per heavy atom. The lowest BCUT2D eigenvalue weighted by atomic mass is 9.95. The average Bonchev–Trinajstić information content (AvgIpc) is 2.99. The van der Waals surface area contributed by atoms with E-state index in [1.54, 1.807) is 24.3 Å². The molecule has 2 N–H and O–H groups in total. The smallest absolute Gasteiger partial charge is 0.303 e. The van der Waals surface area contributed by atoms with Gasteiger partial charge in [-0.3, -0.25) is 14.4 Å². The van der Waals surface area contributed by atoms with Crippen molar-refractivity contribution in [2.24, 2.45) is 0 Å². The molecule has 8 heteroatoms. The second-order valence-corrected chi connectivity index (χ2v) is 8.17. The van der Waals surface area contributed by atoms with E-state index in [9.17, 15) is 23.9 Å². The summed E-state index contributed by atoms with van der Waals surface area (Å²) in [5.74, 6) is -3.26. The molecule has 1 fully saturated rings. The maximum atomic E-state index is 13.3. The predicted molar refractivity (Wildman–Crippen MR) is 116 cm³/mol. The van der Waals surface area contributed by atoms with E-state index in [-0.39, 0.29) is 29.9 Å². The van der Waals surface area contributed by atoms with Crippen molar-refractivity contribution >= 4 is 39.3 Å². The minimum atomic E-state index is -0.880. The van der Waals surface area contributed by atoms with Crippen LogP contribution >= 0.6 is 15.9 Å². The van der Waals surface area contributed by atoms with Crippen LogP contribution in [0.3, 0.4) is 0 Å². The number of nitrogens with zero attached hydrogens (tertiary/aromatic N) is 1. The van der Waals surface area contributed by atoms with E-state index in [1.165, 1.54) is 29.2 Å². The third-order valence-corrected chi connectivity index (χ3v) is 5.66. The number of unbranched alkanes of at least 4 members (excludes halogenated alkanes) is 2. The van der Waals surface area contributed by atoms with Gasteiger partial charge in [0.05, 0.1) is 11.6 Å². The minimum absolute atomic E-state index is 0.0412. The number of aliphatic carboxylic acids is 1. The third-order valence-electron chi connectivity index (χ3n) is 5.13. The molecule has 6 nitrogen and oxygen atoms in total. The molecule has 0 saturated carbocycles. The number of carbonyl (C=O) groups excluding carboxylic acids is 2. The fraction of sp³-hybridized carbons (Fsp3) is 0.261. The van der Waals surface area contributed by atoms with Crippen LogP contribution in [-0.4, -0.2) is 39.3 Å². The molecule has 0 unspecified atom stereocenters. The van der Waals surface area contributed by atoms with Crippen molar-refractivity contribution < 1.29 is 29.0 Å². The first-order chi connectivity index (χ1) is 14.8. The highest BCUT2D eigenvalue weighted by molar-refractivity contribution is 9.10. The largest absolute Gasteiger partial charge is 0.507 e. The summed E-state index contributed by atoms with van der Waals surface area (Å²) >= 11 is 3.36. The lowest BCUT2D eigenvalue weighted by molar-refractivity contribution is -0.140. The van der Waals surface area contributed by atoms with Crippen LogP contribution in [0.5, 0.6) is 0 Å². The van der Waals surface area contributed by atoms with Gasteiger partial charge in [-0.05, 0) is 54.8 Å². The summed E-state index contributed by atoms with van der Waals surface area (Å²) in [6.45, 7) is 0.241. The predicted octanol–water partition coefficient (Wildman–Crippen LogP) is 4.65. The van der Waals surface area contributed by atoms with Crippen molar-refractivity contribution in [3.63, 3.8) is 0 Å². The van der Waals surface area contributed by atoms with Crippen LogP contribution in [0.1, 0.15) is 42.9 Å². The van der Waals surface area contributed by atoms with Gasteiger partial charge >= 0.3 is 5.97 Å². The molecule has 0 spiro atoms. The van der Waals surface area contributed by atoms with E-state index in [2.05, 4.69) is 15.9 Å². The number of halogens is 2. The number of aliphatic hydroxyl groups is 1. The van der Waals surface area contributed by atoms with Gasteiger partial charge in [-0.15, -0.1) is 0 Å². The highest BCUT2D eigenvalue weighted by Gasteiger charge is 2.45. The second-order valence-electron chi connectivity index (χ2n) is 7.26. The maximum Gasteiger partial charge on any atom is 0.303 e. The van der Waals surface area contributed by atoms with E-state index in [0.29, 0.717) is 24.8 Å². The summed E-state index contributed by atoms with van der Waals surface area (Å²) in [5.41, 5.74) is 0.837. The van der Waals surface area contributed by atoms with Gasteiger partial charge in [0.2, 0.25) is 0 Å². The Hall–Kier alpha value is -3.00. The van der Waals surface area contributed by atoms with Gasteiger partial charge in [0.15, 0.2) is 0 Å². The average molecular weight is 490 g/mol. The van der Waals surface area contributed by atoms with Gasteiger partial charge < -0.3 is 15.1 Å². The van der Waals surface area contributed by atoms with Crippen LogP contribution < -0.4 is 0 Å². The number of benzene rings is 2. The van der Waals surface area contributed by atoms with Gasteiger partial charge in [0, 0.05) is 23.0 Å². The number of aliphatic hydroxyl groups excluding tert-OH is 1. The SMILES string of the molecule is O=C(O)CCCCCN1C(=O)C(=O)C(=C(O)c2ccc(F)cc2)[C@@H]1c1ccc(Br)cc1. The molecule has 31 heavy (non-hydrogen) atoms. The Morgan fingerprint density at radius 2 is 1.61 bits per heavy atom. The lowest BCUT2D eigenvalue weighted by Crippen LogP contribution is -2.30. The number of Topliss-reactive ketones (excluding diaryl/α,β-unsaturated/α-hetero) is 1. The van der Waals surface area contributed by atoms with E-state index >= 15 is 0 Å². The van der Waals surface area contributed by atoms with Crippen molar-refractivity contribution in [2.75, 3.05) is 6.54 Å². The Kier molecular flexibility index (Phi) is 7.22. The molecule has 1 atom stereocenters. The normalized spacial score (nSPS) is 17.9. The molecule has 0 bridgehead atoms. The fourth-order valence-corrected chi connectivity index (χ4v) is 3.87. The van der Waals surface area contributed by atoms with E-state index in [0.717, 1.165) is 4.47 Å². The Morgan fingerprint density at radius 3 is 2.23 bits per heavy atom. The Balaban J connectivity index is 1.96. The van der Waals surface area contributed by atoms with Crippen LogP contribution in [-0.2, 0) is 14.4 Å². The van der Waals surface area contributed by atoms with Crippen molar-refractivity contribution in [2.45, 2.75) is 31.7 Å². The Labute approximate surface area is 187 Å². The molecule has 3 rings (SSSR count). The molecule has 1 amide bonds. The third kappa shape index (κ3) is 5.19. The molecule has 1 aliphatic rings. The number of carbonyl (C=O) groups is 3. The van der Waals surface area contributed by atoms with Gasteiger partial charge in [-0.1, -0.05) is 34.5 Å². The molecule has 1 aliphatic heterocycles.